The minimum atomic E-state index is -0.169. The first-order valence-corrected chi connectivity index (χ1v) is 7.74. The van der Waals surface area contributed by atoms with Crippen molar-refractivity contribution in [3.8, 4) is 5.75 Å². The molecule has 0 radical (unpaired) electrons. The quantitative estimate of drug-likeness (QED) is 0.944. The van der Waals surface area contributed by atoms with Gasteiger partial charge in [0.15, 0.2) is 0 Å². The van der Waals surface area contributed by atoms with Crippen molar-refractivity contribution < 1.29 is 9.53 Å². The molecule has 0 unspecified atom stereocenters. The van der Waals surface area contributed by atoms with Crippen molar-refractivity contribution in [3.05, 3.63) is 63.6 Å². The van der Waals surface area contributed by atoms with Gasteiger partial charge in [-0.15, -0.1) is 0 Å². The summed E-state index contributed by atoms with van der Waals surface area (Å²) in [5.74, 6) is 0.689. The summed E-state index contributed by atoms with van der Waals surface area (Å²) in [5, 5.41) is 3.02. The number of amides is 1. The van der Waals surface area contributed by atoms with Crippen LogP contribution in [-0.4, -0.2) is 17.1 Å². The van der Waals surface area contributed by atoms with Crippen molar-refractivity contribution in [2.45, 2.75) is 32.9 Å². The summed E-state index contributed by atoms with van der Waals surface area (Å²) in [4.78, 5) is 24.3. The minimum absolute atomic E-state index is 0.0268. The first-order valence-electron chi connectivity index (χ1n) is 7.74. The van der Waals surface area contributed by atoms with Crippen LogP contribution in [0.5, 0.6) is 5.75 Å². The molecule has 1 atom stereocenters. The van der Waals surface area contributed by atoms with Gasteiger partial charge >= 0.3 is 0 Å². The van der Waals surface area contributed by atoms with E-state index in [-0.39, 0.29) is 24.1 Å². The van der Waals surface area contributed by atoms with E-state index in [0.717, 1.165) is 23.3 Å². The average molecular weight is 312 g/mol. The molecular weight excluding hydrogens is 292 g/mol. The van der Waals surface area contributed by atoms with Crippen LogP contribution >= 0.6 is 0 Å². The normalized spacial score (nSPS) is 16.3. The van der Waals surface area contributed by atoms with Crippen LogP contribution in [0.25, 0.3) is 0 Å². The van der Waals surface area contributed by atoms with E-state index >= 15 is 0 Å². The van der Waals surface area contributed by atoms with Crippen LogP contribution in [0.3, 0.4) is 0 Å². The van der Waals surface area contributed by atoms with Crippen LogP contribution in [0.1, 0.15) is 29.2 Å². The number of aromatic nitrogens is 1. The second kappa shape index (κ2) is 6.28. The molecule has 0 saturated carbocycles. The highest BCUT2D eigenvalue weighted by molar-refractivity contribution is 5.76. The van der Waals surface area contributed by atoms with Gasteiger partial charge in [0.2, 0.25) is 5.91 Å². The smallest absolute Gasteiger partial charge is 0.253 e. The maximum Gasteiger partial charge on any atom is 0.253 e. The molecule has 1 amide bonds. The van der Waals surface area contributed by atoms with E-state index in [2.05, 4.69) is 5.32 Å². The maximum absolute atomic E-state index is 12.3. The molecule has 1 aliphatic rings. The summed E-state index contributed by atoms with van der Waals surface area (Å²) in [5.41, 5.74) is 2.57. The number of carbonyl (C=O) groups is 1. The van der Waals surface area contributed by atoms with Gasteiger partial charge in [0.05, 0.1) is 12.6 Å². The first kappa shape index (κ1) is 15.3. The molecule has 0 aliphatic carbocycles. The molecule has 0 saturated heterocycles. The molecule has 0 spiro atoms. The second-order valence-electron chi connectivity index (χ2n) is 5.87. The fraction of sp³-hybridized carbons (Fsp3) is 0.333. The van der Waals surface area contributed by atoms with E-state index in [1.165, 1.54) is 4.57 Å². The number of carbonyl (C=O) groups excluding carboxylic acids is 1. The number of fused-ring (bicyclic) bond motifs is 1. The van der Waals surface area contributed by atoms with Gasteiger partial charge in [0.25, 0.3) is 5.56 Å². The number of hydrogen-bond acceptors (Lipinski definition) is 3. The Morgan fingerprint density at radius 3 is 2.87 bits per heavy atom. The first-order chi connectivity index (χ1) is 11.1. The van der Waals surface area contributed by atoms with Gasteiger partial charge in [0.1, 0.15) is 12.3 Å². The van der Waals surface area contributed by atoms with E-state index in [1.54, 1.807) is 25.3 Å². The number of aryl methyl sites for hydroxylation is 2. The SMILES string of the molecule is Cc1cccc2c1OCC[C@@H]2NC(=O)Cn1cccc(C)c1=O. The third-order valence-electron chi connectivity index (χ3n) is 4.13. The topological polar surface area (TPSA) is 60.3 Å². The second-order valence-corrected chi connectivity index (χ2v) is 5.87. The van der Waals surface area contributed by atoms with Crippen molar-refractivity contribution in [2.75, 3.05) is 6.61 Å². The molecule has 3 rings (SSSR count). The average Bonchev–Trinajstić information content (AvgIpc) is 2.53. The molecule has 5 nitrogen and oxygen atoms in total. The Morgan fingerprint density at radius 1 is 1.26 bits per heavy atom. The van der Waals surface area contributed by atoms with Crippen LogP contribution in [0, 0.1) is 13.8 Å². The minimum Gasteiger partial charge on any atom is -0.493 e. The summed E-state index contributed by atoms with van der Waals surface area (Å²) < 4.78 is 7.14. The van der Waals surface area contributed by atoms with Crippen LogP contribution < -0.4 is 15.6 Å². The number of para-hydroxylation sites is 1. The lowest BCUT2D eigenvalue weighted by molar-refractivity contribution is -0.122. The van der Waals surface area contributed by atoms with Gasteiger partial charge in [-0.3, -0.25) is 9.59 Å². The Hall–Kier alpha value is -2.56. The molecule has 1 aromatic carbocycles. The fourth-order valence-corrected chi connectivity index (χ4v) is 2.91. The monoisotopic (exact) mass is 312 g/mol. The third kappa shape index (κ3) is 3.13. The van der Waals surface area contributed by atoms with Crippen molar-refractivity contribution >= 4 is 5.91 Å². The van der Waals surface area contributed by atoms with Crippen LogP contribution in [0.15, 0.2) is 41.3 Å². The predicted molar refractivity (Wildman–Crippen MR) is 87.6 cm³/mol. The fourth-order valence-electron chi connectivity index (χ4n) is 2.91. The molecule has 23 heavy (non-hydrogen) atoms. The summed E-state index contributed by atoms with van der Waals surface area (Å²) >= 11 is 0. The Labute approximate surface area is 134 Å². The van der Waals surface area contributed by atoms with E-state index in [4.69, 9.17) is 4.74 Å². The van der Waals surface area contributed by atoms with Gasteiger partial charge < -0.3 is 14.6 Å². The number of rotatable bonds is 3. The highest BCUT2D eigenvalue weighted by Gasteiger charge is 2.24. The predicted octanol–water partition coefficient (Wildman–Crippen LogP) is 2.11. The lowest BCUT2D eigenvalue weighted by Crippen LogP contribution is -2.36. The van der Waals surface area contributed by atoms with E-state index < -0.39 is 0 Å². The van der Waals surface area contributed by atoms with Gasteiger partial charge in [-0.1, -0.05) is 24.3 Å². The van der Waals surface area contributed by atoms with Gasteiger partial charge in [-0.25, -0.2) is 0 Å². The molecule has 0 bridgehead atoms. The summed E-state index contributed by atoms with van der Waals surface area (Å²) in [6.07, 6.45) is 2.36. The van der Waals surface area contributed by atoms with Gasteiger partial charge in [0, 0.05) is 23.7 Å². The van der Waals surface area contributed by atoms with Crippen molar-refractivity contribution in [1.29, 1.82) is 0 Å². The number of nitrogens with one attached hydrogen (secondary N) is 1. The zero-order valence-corrected chi connectivity index (χ0v) is 13.3. The van der Waals surface area contributed by atoms with Crippen LogP contribution in [0.4, 0.5) is 0 Å². The number of ether oxygens (including phenoxy) is 1. The maximum atomic E-state index is 12.3. The molecule has 2 heterocycles. The highest BCUT2D eigenvalue weighted by atomic mass is 16.5. The zero-order valence-electron chi connectivity index (χ0n) is 13.3. The highest BCUT2D eigenvalue weighted by Crippen LogP contribution is 2.34. The molecule has 1 aromatic heterocycles. The number of nitrogens with zero attached hydrogens (tertiary/aromatic N) is 1. The molecular formula is C18H20N2O3. The standard InChI is InChI=1S/C18H20N2O3/c1-12-5-3-7-14-15(8-10-23-17(12)14)19-16(21)11-20-9-4-6-13(2)18(20)22/h3-7,9,15H,8,10-11H2,1-2H3,(H,19,21)/t15-/m0/s1. The van der Waals surface area contributed by atoms with Crippen molar-refractivity contribution in [3.63, 3.8) is 0 Å². The number of pyridine rings is 1. The molecule has 120 valence electrons. The van der Waals surface area contributed by atoms with Crippen molar-refractivity contribution in [2.24, 2.45) is 0 Å². The lowest BCUT2D eigenvalue weighted by atomic mass is 9.98. The lowest BCUT2D eigenvalue weighted by Gasteiger charge is -2.28. The van der Waals surface area contributed by atoms with E-state index in [9.17, 15) is 9.59 Å². The number of benzene rings is 1. The molecule has 1 aliphatic heterocycles. The largest absolute Gasteiger partial charge is 0.493 e. The Bertz CT molecular complexity index is 795. The Morgan fingerprint density at radius 2 is 2.04 bits per heavy atom. The Kier molecular flexibility index (Phi) is 4.19. The van der Waals surface area contributed by atoms with Crippen molar-refractivity contribution in [1.82, 2.24) is 9.88 Å². The van der Waals surface area contributed by atoms with Crippen LogP contribution in [0.2, 0.25) is 0 Å². The van der Waals surface area contributed by atoms with Gasteiger partial charge in [-0.05, 0) is 25.5 Å². The van der Waals surface area contributed by atoms with E-state index in [0.29, 0.717) is 12.2 Å². The Balaban J connectivity index is 1.76. The summed E-state index contributed by atoms with van der Waals surface area (Å²) in [6.45, 7) is 4.34. The van der Waals surface area contributed by atoms with Gasteiger partial charge in [-0.2, -0.15) is 0 Å². The third-order valence-corrected chi connectivity index (χ3v) is 4.13. The summed E-state index contributed by atoms with van der Waals surface area (Å²) in [6, 6.07) is 9.38. The summed E-state index contributed by atoms with van der Waals surface area (Å²) in [7, 11) is 0. The molecule has 5 heteroatoms. The number of hydrogen-bond donors (Lipinski definition) is 1. The molecule has 2 aromatic rings. The zero-order chi connectivity index (χ0) is 16.4. The molecule has 0 fully saturated rings. The van der Waals surface area contributed by atoms with Crippen LogP contribution in [-0.2, 0) is 11.3 Å². The molecule has 1 N–H and O–H groups in total. The van der Waals surface area contributed by atoms with E-state index in [1.807, 2.05) is 25.1 Å².